The van der Waals surface area contributed by atoms with E-state index in [1.807, 2.05) is 0 Å². The summed E-state index contributed by atoms with van der Waals surface area (Å²) in [5.41, 5.74) is 0. The van der Waals surface area contributed by atoms with Crippen LogP contribution in [0.5, 0.6) is 5.88 Å². The van der Waals surface area contributed by atoms with Gasteiger partial charge in [-0.3, -0.25) is 0 Å². The smallest absolute Gasteiger partial charge is 0.216 e. The number of ether oxygens (including phenoxy) is 1. The molecule has 1 aromatic heterocycles. The van der Waals surface area contributed by atoms with E-state index in [1.165, 1.54) is 10.6 Å². The minimum atomic E-state index is -3.07. The van der Waals surface area contributed by atoms with Gasteiger partial charge in [-0.15, -0.1) is 0 Å². The molecular weight excluding hydrogens is 254 g/mol. The number of aromatic nitrogens is 2. The molecule has 6 nitrogen and oxygen atoms in total. The van der Waals surface area contributed by atoms with E-state index in [4.69, 9.17) is 4.74 Å². The molecule has 1 aliphatic heterocycles. The van der Waals surface area contributed by atoms with E-state index in [0.717, 1.165) is 0 Å². The van der Waals surface area contributed by atoms with Crippen molar-refractivity contribution in [2.45, 2.75) is 25.9 Å². The number of sulfonamides is 1. The molecule has 0 saturated carbocycles. The molecule has 1 aromatic rings. The van der Waals surface area contributed by atoms with Crippen LogP contribution in [0, 0.1) is 0 Å². The second-order valence-corrected chi connectivity index (χ2v) is 6.42. The zero-order chi connectivity index (χ0) is 13.0. The number of rotatable bonds is 4. The number of piperidine rings is 1. The van der Waals surface area contributed by atoms with Crippen LogP contribution in [0.1, 0.15) is 19.8 Å². The lowest BCUT2D eigenvalue weighted by atomic mass is 10.1. The van der Waals surface area contributed by atoms with Crippen molar-refractivity contribution in [3.05, 3.63) is 18.6 Å². The summed E-state index contributed by atoms with van der Waals surface area (Å²) in [6, 6.07) is 1.70. The molecule has 2 rings (SSSR count). The van der Waals surface area contributed by atoms with Gasteiger partial charge in [0.25, 0.3) is 0 Å². The quantitative estimate of drug-likeness (QED) is 0.804. The average molecular weight is 271 g/mol. The highest BCUT2D eigenvalue weighted by Crippen LogP contribution is 2.18. The Labute approximate surface area is 107 Å². The molecule has 2 heterocycles. The van der Waals surface area contributed by atoms with Crippen molar-refractivity contribution in [2.75, 3.05) is 18.8 Å². The number of hydrogen-bond donors (Lipinski definition) is 0. The first-order valence-electron chi connectivity index (χ1n) is 6.02. The van der Waals surface area contributed by atoms with Crippen molar-refractivity contribution in [3.63, 3.8) is 0 Å². The van der Waals surface area contributed by atoms with Crippen LogP contribution >= 0.6 is 0 Å². The molecule has 0 atom stereocenters. The SMILES string of the molecule is CCS(=O)(=O)N1CCC(Oc2ccncn2)CC1. The van der Waals surface area contributed by atoms with Gasteiger partial charge < -0.3 is 4.74 Å². The summed E-state index contributed by atoms with van der Waals surface area (Å²) in [6.07, 6.45) is 4.49. The monoisotopic (exact) mass is 271 g/mol. The molecule has 1 aliphatic rings. The van der Waals surface area contributed by atoms with E-state index in [-0.39, 0.29) is 11.9 Å². The Hall–Kier alpha value is -1.21. The van der Waals surface area contributed by atoms with Crippen molar-refractivity contribution in [3.8, 4) is 5.88 Å². The van der Waals surface area contributed by atoms with Crippen molar-refractivity contribution < 1.29 is 13.2 Å². The van der Waals surface area contributed by atoms with Gasteiger partial charge >= 0.3 is 0 Å². The topological polar surface area (TPSA) is 72.4 Å². The first-order valence-corrected chi connectivity index (χ1v) is 7.63. The molecule has 7 heteroatoms. The molecule has 0 spiro atoms. The fraction of sp³-hybridized carbons (Fsp3) is 0.636. The van der Waals surface area contributed by atoms with Crippen LogP contribution in [0.3, 0.4) is 0 Å². The highest BCUT2D eigenvalue weighted by atomic mass is 32.2. The predicted molar refractivity (Wildman–Crippen MR) is 66.7 cm³/mol. The highest BCUT2D eigenvalue weighted by molar-refractivity contribution is 7.89. The molecule has 18 heavy (non-hydrogen) atoms. The Morgan fingerprint density at radius 3 is 2.72 bits per heavy atom. The summed E-state index contributed by atoms with van der Waals surface area (Å²) in [5.74, 6) is 0.701. The predicted octanol–water partition coefficient (Wildman–Crippen LogP) is 0.669. The summed E-state index contributed by atoms with van der Waals surface area (Å²) in [6.45, 7) is 2.71. The van der Waals surface area contributed by atoms with Crippen LogP contribution in [-0.4, -0.2) is 47.6 Å². The number of hydrogen-bond acceptors (Lipinski definition) is 5. The first kappa shape index (κ1) is 13.2. The lowest BCUT2D eigenvalue weighted by molar-refractivity contribution is 0.130. The van der Waals surface area contributed by atoms with Crippen molar-refractivity contribution in [1.82, 2.24) is 14.3 Å². The lowest BCUT2D eigenvalue weighted by Crippen LogP contribution is -2.42. The Bertz CT molecular complexity index is 470. The van der Waals surface area contributed by atoms with Gasteiger partial charge in [0.1, 0.15) is 12.4 Å². The minimum absolute atomic E-state index is 0.0307. The zero-order valence-corrected chi connectivity index (χ0v) is 11.1. The minimum Gasteiger partial charge on any atom is -0.474 e. The van der Waals surface area contributed by atoms with E-state index in [1.54, 1.807) is 19.2 Å². The molecule has 0 unspecified atom stereocenters. The molecule has 0 aliphatic carbocycles. The van der Waals surface area contributed by atoms with Crippen LogP contribution in [0.15, 0.2) is 18.6 Å². The maximum atomic E-state index is 11.7. The van der Waals surface area contributed by atoms with Gasteiger partial charge in [0.05, 0.1) is 5.75 Å². The van der Waals surface area contributed by atoms with E-state index < -0.39 is 10.0 Å². The largest absolute Gasteiger partial charge is 0.474 e. The Morgan fingerprint density at radius 1 is 1.44 bits per heavy atom. The third-order valence-corrected chi connectivity index (χ3v) is 4.88. The molecule has 1 fully saturated rings. The first-order chi connectivity index (χ1) is 8.62. The van der Waals surface area contributed by atoms with Gasteiger partial charge in [0, 0.05) is 25.4 Å². The summed E-state index contributed by atoms with van der Waals surface area (Å²) >= 11 is 0. The Balaban J connectivity index is 1.88. The molecule has 100 valence electrons. The Morgan fingerprint density at radius 2 is 2.17 bits per heavy atom. The maximum absolute atomic E-state index is 11.7. The zero-order valence-electron chi connectivity index (χ0n) is 10.3. The van der Waals surface area contributed by atoms with Crippen molar-refractivity contribution >= 4 is 10.0 Å². The molecular formula is C11H17N3O3S. The van der Waals surface area contributed by atoms with E-state index in [2.05, 4.69) is 9.97 Å². The maximum Gasteiger partial charge on any atom is 0.216 e. The van der Waals surface area contributed by atoms with Gasteiger partial charge in [0.2, 0.25) is 15.9 Å². The molecule has 1 saturated heterocycles. The fourth-order valence-electron chi connectivity index (χ4n) is 1.93. The second-order valence-electron chi connectivity index (χ2n) is 4.16. The van der Waals surface area contributed by atoms with Crippen LogP contribution in [0.2, 0.25) is 0 Å². The molecule has 0 radical (unpaired) electrons. The summed E-state index contributed by atoms with van der Waals surface area (Å²) in [4.78, 5) is 7.81. The molecule has 0 N–H and O–H groups in total. The van der Waals surface area contributed by atoms with Crippen molar-refractivity contribution in [1.29, 1.82) is 0 Å². The van der Waals surface area contributed by atoms with E-state index in [0.29, 0.717) is 31.8 Å². The van der Waals surface area contributed by atoms with E-state index >= 15 is 0 Å². The summed E-state index contributed by atoms with van der Waals surface area (Å²) < 4.78 is 30.6. The van der Waals surface area contributed by atoms with E-state index in [9.17, 15) is 8.42 Å². The summed E-state index contributed by atoms with van der Waals surface area (Å²) in [7, 11) is -3.07. The van der Waals surface area contributed by atoms with Crippen LogP contribution < -0.4 is 4.74 Å². The standard InChI is InChI=1S/C11H17N3O3S/c1-2-18(15,16)14-7-4-10(5-8-14)17-11-3-6-12-9-13-11/h3,6,9-10H,2,4-5,7-8H2,1H3. The third kappa shape index (κ3) is 3.17. The second kappa shape index (κ2) is 5.62. The van der Waals surface area contributed by atoms with Crippen molar-refractivity contribution in [2.24, 2.45) is 0 Å². The van der Waals surface area contributed by atoms with Gasteiger partial charge in [-0.1, -0.05) is 0 Å². The van der Waals surface area contributed by atoms with Crippen LogP contribution in [0.25, 0.3) is 0 Å². The summed E-state index contributed by atoms with van der Waals surface area (Å²) in [5, 5.41) is 0. The van der Waals surface area contributed by atoms with Crippen LogP contribution in [0.4, 0.5) is 0 Å². The normalized spacial score (nSPS) is 18.7. The Kier molecular flexibility index (Phi) is 4.13. The van der Waals surface area contributed by atoms with Gasteiger partial charge in [0.15, 0.2) is 0 Å². The van der Waals surface area contributed by atoms with Crippen LogP contribution in [-0.2, 0) is 10.0 Å². The van der Waals surface area contributed by atoms with Gasteiger partial charge in [-0.2, -0.15) is 0 Å². The average Bonchev–Trinajstić information content (AvgIpc) is 2.40. The van der Waals surface area contributed by atoms with Gasteiger partial charge in [-0.05, 0) is 19.8 Å². The molecule has 0 bridgehead atoms. The highest BCUT2D eigenvalue weighted by Gasteiger charge is 2.27. The third-order valence-electron chi connectivity index (χ3n) is 3.00. The lowest BCUT2D eigenvalue weighted by Gasteiger charge is -2.30. The molecule has 0 aromatic carbocycles. The fourth-order valence-corrected chi connectivity index (χ4v) is 3.06. The van der Waals surface area contributed by atoms with Gasteiger partial charge in [-0.25, -0.2) is 22.7 Å². The molecule has 0 amide bonds. The number of nitrogens with zero attached hydrogens (tertiary/aromatic N) is 3.